The normalized spacial score (nSPS) is 26.0. The third-order valence-corrected chi connectivity index (χ3v) is 6.90. The molecule has 3 aromatic carbocycles. The standard InChI is InChI=1S/C27H23FN2O4/c1-16-8-6-7-11-20(16)23-21-22(25(32)30(24(21)31)19-14-12-18(28)13-15-19)27(29-23,26(33)34-2)17-9-4-3-5-10-17/h3-15,21-23,29H,1-2H3/t21-,22-,23-,27-/m1/s1. The second-order valence-electron chi connectivity index (χ2n) is 8.64. The van der Waals surface area contributed by atoms with Gasteiger partial charge < -0.3 is 4.74 Å². The van der Waals surface area contributed by atoms with E-state index in [2.05, 4.69) is 5.32 Å². The highest BCUT2D eigenvalue weighted by Gasteiger charge is 2.69. The van der Waals surface area contributed by atoms with E-state index in [1.807, 2.05) is 37.3 Å². The fraction of sp³-hybridized carbons (Fsp3) is 0.222. The predicted octanol–water partition coefficient (Wildman–Crippen LogP) is 3.65. The predicted molar refractivity (Wildman–Crippen MR) is 123 cm³/mol. The van der Waals surface area contributed by atoms with Crippen LogP contribution in [0.25, 0.3) is 0 Å². The molecule has 2 amide bonds. The van der Waals surface area contributed by atoms with E-state index in [1.165, 1.54) is 31.4 Å². The third kappa shape index (κ3) is 3.08. The summed E-state index contributed by atoms with van der Waals surface area (Å²) in [6, 6.07) is 21.0. The molecule has 0 spiro atoms. The van der Waals surface area contributed by atoms with Crippen LogP contribution < -0.4 is 10.2 Å². The summed E-state index contributed by atoms with van der Waals surface area (Å²) in [5, 5.41) is 3.37. The first-order valence-corrected chi connectivity index (χ1v) is 11.0. The number of imide groups is 1. The largest absolute Gasteiger partial charge is 0.467 e. The first-order chi connectivity index (χ1) is 16.4. The Hall–Kier alpha value is -3.84. The summed E-state index contributed by atoms with van der Waals surface area (Å²) < 4.78 is 18.8. The average Bonchev–Trinajstić information content (AvgIpc) is 3.34. The van der Waals surface area contributed by atoms with Gasteiger partial charge >= 0.3 is 5.97 Å². The molecule has 2 aliphatic rings. The van der Waals surface area contributed by atoms with Gasteiger partial charge in [-0.2, -0.15) is 0 Å². The van der Waals surface area contributed by atoms with Crippen molar-refractivity contribution in [1.82, 2.24) is 5.32 Å². The maximum absolute atomic E-state index is 13.9. The van der Waals surface area contributed by atoms with Crippen LogP contribution in [0.1, 0.15) is 22.7 Å². The highest BCUT2D eigenvalue weighted by Crippen LogP contribution is 2.54. The molecule has 0 saturated carbocycles. The molecular weight excluding hydrogens is 435 g/mol. The molecule has 2 fully saturated rings. The van der Waals surface area contributed by atoms with Crippen LogP contribution >= 0.6 is 0 Å². The second-order valence-corrected chi connectivity index (χ2v) is 8.64. The lowest BCUT2D eigenvalue weighted by Gasteiger charge is -2.33. The van der Waals surface area contributed by atoms with Crippen LogP contribution in [-0.2, 0) is 24.7 Å². The molecule has 4 atom stereocenters. The minimum atomic E-state index is -1.57. The van der Waals surface area contributed by atoms with Gasteiger partial charge in [-0.3, -0.25) is 14.9 Å². The quantitative estimate of drug-likeness (QED) is 0.477. The van der Waals surface area contributed by atoms with E-state index in [0.29, 0.717) is 5.56 Å². The van der Waals surface area contributed by atoms with Crippen LogP contribution in [0.2, 0.25) is 0 Å². The van der Waals surface area contributed by atoms with Crippen molar-refractivity contribution in [3.05, 3.63) is 101 Å². The molecule has 2 saturated heterocycles. The number of aryl methyl sites for hydroxylation is 1. The van der Waals surface area contributed by atoms with Gasteiger partial charge in [0.15, 0.2) is 5.54 Å². The Morgan fingerprint density at radius 1 is 0.941 bits per heavy atom. The summed E-state index contributed by atoms with van der Waals surface area (Å²) in [5.74, 6) is -4.01. The number of hydrogen-bond donors (Lipinski definition) is 1. The highest BCUT2D eigenvalue weighted by atomic mass is 19.1. The molecule has 3 aromatic rings. The third-order valence-electron chi connectivity index (χ3n) is 6.90. The van der Waals surface area contributed by atoms with Crippen molar-refractivity contribution in [2.45, 2.75) is 18.5 Å². The molecule has 7 heteroatoms. The number of esters is 1. The number of carbonyl (C=O) groups is 3. The number of carbonyl (C=O) groups excluding carboxylic acids is 3. The molecule has 2 heterocycles. The van der Waals surface area contributed by atoms with Crippen LogP contribution in [0.15, 0.2) is 78.9 Å². The zero-order valence-corrected chi connectivity index (χ0v) is 18.7. The SMILES string of the molecule is COC(=O)[C@]1(c2ccccc2)N[C@H](c2ccccc2C)[C@@H]2C(=O)N(c3ccc(F)cc3)C(=O)[C@@H]21. The summed E-state index contributed by atoms with van der Waals surface area (Å²) in [7, 11) is 1.27. The first-order valence-electron chi connectivity index (χ1n) is 11.0. The van der Waals surface area contributed by atoms with Crippen molar-refractivity contribution in [2.75, 3.05) is 12.0 Å². The van der Waals surface area contributed by atoms with E-state index in [-0.39, 0.29) is 5.69 Å². The second kappa shape index (κ2) is 8.18. The minimum Gasteiger partial charge on any atom is -0.467 e. The Balaban J connectivity index is 1.74. The van der Waals surface area contributed by atoms with Crippen molar-refractivity contribution in [2.24, 2.45) is 11.8 Å². The molecule has 172 valence electrons. The van der Waals surface area contributed by atoms with Crippen molar-refractivity contribution >= 4 is 23.5 Å². The van der Waals surface area contributed by atoms with Crippen molar-refractivity contribution in [1.29, 1.82) is 0 Å². The molecule has 0 bridgehead atoms. The summed E-state index contributed by atoms with van der Waals surface area (Å²) in [6.07, 6.45) is 0. The van der Waals surface area contributed by atoms with Crippen LogP contribution in [0.3, 0.4) is 0 Å². The Bertz CT molecular complexity index is 1280. The lowest BCUT2D eigenvalue weighted by Crippen LogP contribution is -2.53. The van der Waals surface area contributed by atoms with Crippen molar-refractivity contribution in [3.8, 4) is 0 Å². The Labute approximate surface area is 196 Å². The van der Waals surface area contributed by atoms with Gasteiger partial charge in [-0.25, -0.2) is 14.1 Å². The fourth-order valence-corrected chi connectivity index (χ4v) is 5.39. The molecule has 2 aliphatic heterocycles. The molecule has 0 aromatic heterocycles. The first kappa shape index (κ1) is 22.0. The summed E-state index contributed by atoms with van der Waals surface area (Å²) >= 11 is 0. The Morgan fingerprint density at radius 2 is 1.59 bits per heavy atom. The summed E-state index contributed by atoms with van der Waals surface area (Å²) in [5.41, 5.74) is 0.972. The van der Waals surface area contributed by atoms with Gasteiger partial charge in [-0.1, -0.05) is 54.6 Å². The number of amides is 2. The van der Waals surface area contributed by atoms with Crippen LogP contribution in [0, 0.1) is 24.6 Å². The molecule has 0 radical (unpaired) electrons. The van der Waals surface area contributed by atoms with E-state index < -0.39 is 47.0 Å². The van der Waals surface area contributed by atoms with Crippen LogP contribution in [0.5, 0.6) is 0 Å². The van der Waals surface area contributed by atoms with E-state index in [4.69, 9.17) is 4.74 Å². The van der Waals surface area contributed by atoms with Crippen molar-refractivity contribution in [3.63, 3.8) is 0 Å². The average molecular weight is 458 g/mol. The molecule has 6 nitrogen and oxygen atoms in total. The maximum atomic E-state index is 13.9. The van der Waals surface area contributed by atoms with Crippen molar-refractivity contribution < 1.29 is 23.5 Å². The number of fused-ring (bicyclic) bond motifs is 1. The molecule has 0 unspecified atom stereocenters. The molecule has 5 rings (SSSR count). The number of anilines is 1. The minimum absolute atomic E-state index is 0.265. The molecule has 0 aliphatic carbocycles. The van der Waals surface area contributed by atoms with E-state index in [1.54, 1.807) is 24.3 Å². The monoisotopic (exact) mass is 458 g/mol. The number of rotatable bonds is 4. The number of nitrogens with zero attached hydrogens (tertiary/aromatic N) is 1. The number of nitrogens with one attached hydrogen (secondary N) is 1. The molecule has 1 N–H and O–H groups in total. The Morgan fingerprint density at radius 3 is 2.24 bits per heavy atom. The lowest BCUT2D eigenvalue weighted by molar-refractivity contribution is -0.152. The summed E-state index contributed by atoms with van der Waals surface area (Å²) in [4.78, 5) is 42.3. The fourth-order valence-electron chi connectivity index (χ4n) is 5.39. The maximum Gasteiger partial charge on any atom is 0.331 e. The van der Waals surface area contributed by atoms with Gasteiger partial charge in [0.2, 0.25) is 11.8 Å². The summed E-state index contributed by atoms with van der Waals surface area (Å²) in [6.45, 7) is 1.92. The Kier molecular flexibility index (Phi) is 5.29. The van der Waals surface area contributed by atoms with Gasteiger partial charge in [0.25, 0.3) is 0 Å². The smallest absolute Gasteiger partial charge is 0.331 e. The topological polar surface area (TPSA) is 75.7 Å². The highest BCUT2D eigenvalue weighted by molar-refractivity contribution is 6.24. The molecular formula is C27H23FN2O4. The lowest BCUT2D eigenvalue weighted by atomic mass is 9.75. The number of benzene rings is 3. The van der Waals surface area contributed by atoms with Crippen LogP contribution in [0.4, 0.5) is 10.1 Å². The van der Waals surface area contributed by atoms with Gasteiger partial charge in [0.05, 0.1) is 24.6 Å². The van der Waals surface area contributed by atoms with Gasteiger partial charge in [0, 0.05) is 6.04 Å². The van der Waals surface area contributed by atoms with E-state index >= 15 is 0 Å². The van der Waals surface area contributed by atoms with Gasteiger partial charge in [-0.05, 0) is 47.9 Å². The van der Waals surface area contributed by atoms with Gasteiger partial charge in [0.1, 0.15) is 5.82 Å². The molecule has 34 heavy (non-hydrogen) atoms. The number of ether oxygens (including phenoxy) is 1. The zero-order valence-electron chi connectivity index (χ0n) is 18.7. The van der Waals surface area contributed by atoms with Crippen LogP contribution in [-0.4, -0.2) is 24.9 Å². The number of methoxy groups -OCH3 is 1. The van der Waals surface area contributed by atoms with Gasteiger partial charge in [-0.15, -0.1) is 0 Å². The zero-order chi connectivity index (χ0) is 24.0. The van der Waals surface area contributed by atoms with E-state index in [0.717, 1.165) is 16.0 Å². The number of hydrogen-bond acceptors (Lipinski definition) is 5. The number of halogens is 1. The van der Waals surface area contributed by atoms with E-state index in [9.17, 15) is 18.8 Å².